The van der Waals surface area contributed by atoms with E-state index in [2.05, 4.69) is 34.7 Å². The minimum atomic E-state index is -0.0567. The number of hydrogen-bond acceptors (Lipinski definition) is 4. The molecule has 1 saturated heterocycles. The molecule has 1 aromatic carbocycles. The number of thioether (sulfide) groups is 1. The number of amides is 1. The van der Waals surface area contributed by atoms with Gasteiger partial charge in [-0.15, -0.1) is 11.8 Å². The Kier molecular flexibility index (Phi) is 3.66. The van der Waals surface area contributed by atoms with E-state index in [0.717, 1.165) is 30.3 Å². The third kappa shape index (κ3) is 2.72. The number of benzene rings is 1. The van der Waals surface area contributed by atoms with Crippen LogP contribution in [0.2, 0.25) is 0 Å². The summed E-state index contributed by atoms with van der Waals surface area (Å²) >= 11 is 1.76. The van der Waals surface area contributed by atoms with E-state index in [-0.39, 0.29) is 11.9 Å². The van der Waals surface area contributed by atoms with Gasteiger partial charge in [-0.3, -0.25) is 10.1 Å². The first-order chi connectivity index (χ1) is 9.24. The monoisotopic (exact) mass is 277 g/mol. The van der Waals surface area contributed by atoms with Gasteiger partial charge in [0.1, 0.15) is 0 Å². The fourth-order valence-electron chi connectivity index (χ4n) is 2.63. The van der Waals surface area contributed by atoms with Crippen LogP contribution in [-0.2, 0) is 11.2 Å². The van der Waals surface area contributed by atoms with Crippen molar-refractivity contribution in [1.29, 1.82) is 0 Å². The van der Waals surface area contributed by atoms with Gasteiger partial charge in [-0.25, -0.2) is 0 Å². The van der Waals surface area contributed by atoms with E-state index in [1.807, 2.05) is 6.07 Å². The summed E-state index contributed by atoms with van der Waals surface area (Å²) in [7, 11) is 2.11. The highest BCUT2D eigenvalue weighted by atomic mass is 32.2. The zero-order chi connectivity index (χ0) is 13.2. The standard InChI is InChI=1S/C14H19N3OS/c1-17-6-2-3-10-4-5-11(7-13(10)17)16-14(18)12-8-19-9-15-12/h4-5,7,12,15H,2-3,6,8-9H2,1H3,(H,16,18). The summed E-state index contributed by atoms with van der Waals surface area (Å²) in [5, 5.41) is 6.20. The molecular formula is C14H19N3OS. The number of nitrogens with zero attached hydrogens (tertiary/aromatic N) is 1. The minimum Gasteiger partial charge on any atom is -0.374 e. The van der Waals surface area contributed by atoms with Crippen LogP contribution in [0.3, 0.4) is 0 Å². The van der Waals surface area contributed by atoms with Crippen molar-refractivity contribution in [2.75, 3.05) is 35.4 Å². The van der Waals surface area contributed by atoms with E-state index < -0.39 is 0 Å². The van der Waals surface area contributed by atoms with Crippen molar-refractivity contribution in [3.05, 3.63) is 23.8 Å². The molecule has 1 aromatic rings. The van der Waals surface area contributed by atoms with E-state index in [1.165, 1.54) is 17.7 Å². The maximum absolute atomic E-state index is 12.1. The van der Waals surface area contributed by atoms with E-state index in [9.17, 15) is 4.79 Å². The van der Waals surface area contributed by atoms with E-state index >= 15 is 0 Å². The Labute approximate surface area is 117 Å². The molecule has 0 radical (unpaired) electrons. The highest BCUT2D eigenvalue weighted by Crippen LogP contribution is 2.29. The topological polar surface area (TPSA) is 44.4 Å². The Bertz CT molecular complexity index is 486. The molecule has 0 aliphatic carbocycles. The maximum atomic E-state index is 12.1. The lowest BCUT2D eigenvalue weighted by atomic mass is 10.0. The van der Waals surface area contributed by atoms with Crippen LogP contribution in [-0.4, -0.2) is 37.2 Å². The second-order valence-corrected chi connectivity index (χ2v) is 6.16. The lowest BCUT2D eigenvalue weighted by Gasteiger charge is -2.28. The van der Waals surface area contributed by atoms with Gasteiger partial charge in [0, 0.05) is 36.6 Å². The molecule has 3 rings (SSSR count). The zero-order valence-corrected chi connectivity index (χ0v) is 11.9. The molecule has 1 fully saturated rings. The molecule has 102 valence electrons. The number of fused-ring (bicyclic) bond motifs is 1. The molecule has 1 unspecified atom stereocenters. The number of carbonyl (C=O) groups is 1. The van der Waals surface area contributed by atoms with Crippen LogP contribution < -0.4 is 15.5 Å². The Balaban J connectivity index is 1.74. The third-order valence-corrected chi connectivity index (χ3v) is 4.68. The van der Waals surface area contributed by atoms with Crippen LogP contribution in [0.5, 0.6) is 0 Å². The van der Waals surface area contributed by atoms with E-state index in [0.29, 0.717) is 0 Å². The van der Waals surface area contributed by atoms with Crippen molar-refractivity contribution in [1.82, 2.24) is 5.32 Å². The molecule has 0 aromatic heterocycles. The minimum absolute atomic E-state index is 0.0567. The van der Waals surface area contributed by atoms with Crippen LogP contribution in [0.15, 0.2) is 18.2 Å². The van der Waals surface area contributed by atoms with Gasteiger partial charge in [0.2, 0.25) is 5.91 Å². The summed E-state index contributed by atoms with van der Waals surface area (Å²) in [4.78, 5) is 14.3. The van der Waals surface area contributed by atoms with Gasteiger partial charge in [-0.2, -0.15) is 0 Å². The largest absolute Gasteiger partial charge is 0.374 e. The molecule has 2 heterocycles. The predicted molar refractivity (Wildman–Crippen MR) is 80.9 cm³/mol. The van der Waals surface area contributed by atoms with Gasteiger partial charge in [0.15, 0.2) is 0 Å². The molecule has 0 saturated carbocycles. The normalized spacial score (nSPS) is 22.2. The second kappa shape index (κ2) is 5.43. The van der Waals surface area contributed by atoms with Crippen molar-refractivity contribution in [2.24, 2.45) is 0 Å². The Morgan fingerprint density at radius 3 is 3.21 bits per heavy atom. The lowest BCUT2D eigenvalue weighted by molar-refractivity contribution is -0.117. The maximum Gasteiger partial charge on any atom is 0.242 e. The van der Waals surface area contributed by atoms with Crippen molar-refractivity contribution in [3.8, 4) is 0 Å². The van der Waals surface area contributed by atoms with Crippen molar-refractivity contribution >= 4 is 29.0 Å². The number of nitrogens with one attached hydrogen (secondary N) is 2. The quantitative estimate of drug-likeness (QED) is 0.863. The molecule has 1 amide bonds. The molecule has 0 spiro atoms. The molecule has 2 aliphatic heterocycles. The van der Waals surface area contributed by atoms with E-state index in [1.54, 1.807) is 11.8 Å². The summed E-state index contributed by atoms with van der Waals surface area (Å²) in [5.74, 6) is 1.80. The van der Waals surface area contributed by atoms with Gasteiger partial charge in [-0.1, -0.05) is 6.07 Å². The second-order valence-electron chi connectivity index (χ2n) is 5.13. The van der Waals surface area contributed by atoms with Gasteiger partial charge < -0.3 is 10.2 Å². The van der Waals surface area contributed by atoms with Crippen molar-refractivity contribution in [2.45, 2.75) is 18.9 Å². The highest BCUT2D eigenvalue weighted by molar-refractivity contribution is 7.99. The molecule has 2 aliphatic rings. The number of aryl methyl sites for hydroxylation is 1. The molecule has 0 bridgehead atoms. The van der Waals surface area contributed by atoms with Crippen LogP contribution in [0.1, 0.15) is 12.0 Å². The van der Waals surface area contributed by atoms with Gasteiger partial charge in [0.05, 0.1) is 6.04 Å². The van der Waals surface area contributed by atoms with Gasteiger partial charge in [-0.05, 0) is 30.5 Å². The number of anilines is 2. The smallest absolute Gasteiger partial charge is 0.242 e. The number of carbonyl (C=O) groups excluding carboxylic acids is 1. The average Bonchev–Trinajstić information content (AvgIpc) is 2.94. The van der Waals surface area contributed by atoms with E-state index in [4.69, 9.17) is 0 Å². The van der Waals surface area contributed by atoms with Crippen LogP contribution >= 0.6 is 11.8 Å². The molecular weight excluding hydrogens is 258 g/mol. The molecule has 5 heteroatoms. The predicted octanol–water partition coefficient (Wildman–Crippen LogP) is 1.67. The summed E-state index contributed by atoms with van der Waals surface area (Å²) in [6, 6.07) is 6.18. The first-order valence-electron chi connectivity index (χ1n) is 6.70. The lowest BCUT2D eigenvalue weighted by Crippen LogP contribution is -2.37. The molecule has 4 nitrogen and oxygen atoms in total. The summed E-state index contributed by atoms with van der Waals surface area (Å²) in [6.07, 6.45) is 2.34. The first kappa shape index (κ1) is 12.8. The van der Waals surface area contributed by atoms with Gasteiger partial charge in [0.25, 0.3) is 0 Å². The number of rotatable bonds is 2. The average molecular weight is 277 g/mol. The van der Waals surface area contributed by atoms with Crippen LogP contribution in [0.4, 0.5) is 11.4 Å². The Morgan fingerprint density at radius 1 is 1.53 bits per heavy atom. The fourth-order valence-corrected chi connectivity index (χ4v) is 3.57. The van der Waals surface area contributed by atoms with Gasteiger partial charge >= 0.3 is 0 Å². The number of hydrogen-bond donors (Lipinski definition) is 2. The van der Waals surface area contributed by atoms with Crippen LogP contribution in [0.25, 0.3) is 0 Å². The molecule has 1 atom stereocenters. The van der Waals surface area contributed by atoms with Crippen molar-refractivity contribution in [3.63, 3.8) is 0 Å². The Morgan fingerprint density at radius 2 is 2.42 bits per heavy atom. The highest BCUT2D eigenvalue weighted by Gasteiger charge is 2.23. The molecule has 2 N–H and O–H groups in total. The fraction of sp³-hybridized carbons (Fsp3) is 0.500. The third-order valence-electron chi connectivity index (χ3n) is 3.74. The summed E-state index contributed by atoms with van der Waals surface area (Å²) < 4.78 is 0. The van der Waals surface area contributed by atoms with Crippen LogP contribution in [0, 0.1) is 0 Å². The SMILES string of the molecule is CN1CCCc2ccc(NC(=O)C3CSCN3)cc21. The summed E-state index contributed by atoms with van der Waals surface area (Å²) in [5.41, 5.74) is 3.52. The molecule has 19 heavy (non-hydrogen) atoms. The van der Waals surface area contributed by atoms with Crippen molar-refractivity contribution < 1.29 is 4.79 Å². The first-order valence-corrected chi connectivity index (χ1v) is 7.85. The summed E-state index contributed by atoms with van der Waals surface area (Å²) in [6.45, 7) is 1.09. The zero-order valence-electron chi connectivity index (χ0n) is 11.1. The Hall–Kier alpha value is -1.20.